The van der Waals surface area contributed by atoms with Gasteiger partial charge in [-0.3, -0.25) is 4.79 Å². The third kappa shape index (κ3) is 6.44. The average molecular weight is 578 g/mol. The van der Waals surface area contributed by atoms with Crippen molar-refractivity contribution in [3.05, 3.63) is 82.0 Å². The molecule has 0 radical (unpaired) electrons. The molecular formula is C31H35N3O6S. The number of fused-ring (bicyclic) bond motifs is 1. The molecule has 41 heavy (non-hydrogen) atoms. The second-order valence-corrected chi connectivity index (χ2v) is 11.0. The highest BCUT2D eigenvalue weighted by Gasteiger charge is 2.42. The van der Waals surface area contributed by atoms with E-state index < -0.39 is 12.0 Å². The van der Waals surface area contributed by atoms with Gasteiger partial charge in [0.05, 0.1) is 50.2 Å². The average Bonchev–Trinajstić information content (AvgIpc) is 3.37. The lowest BCUT2D eigenvalue weighted by Crippen LogP contribution is -2.42. The van der Waals surface area contributed by atoms with Crippen molar-refractivity contribution < 1.29 is 28.5 Å². The summed E-state index contributed by atoms with van der Waals surface area (Å²) >= 11 is 1.45. The SMILES string of the molecule is COc1cc(C2C(C(=O)OC(C)C)=C(C)N=C3SC=C(CC(=O)N4CCOCC4)N32)ccc1OCc1ccccc1. The fraction of sp³-hybridized carbons (Fsp3) is 0.387. The molecule has 9 nitrogen and oxygen atoms in total. The Morgan fingerprint density at radius 1 is 1.10 bits per heavy atom. The van der Waals surface area contributed by atoms with Crippen molar-refractivity contribution in [3.63, 3.8) is 0 Å². The van der Waals surface area contributed by atoms with Crippen molar-refractivity contribution in [3.8, 4) is 11.5 Å². The normalized spacial score (nSPS) is 18.6. The van der Waals surface area contributed by atoms with Crippen molar-refractivity contribution in [1.29, 1.82) is 0 Å². The van der Waals surface area contributed by atoms with Crippen LogP contribution in [0.15, 0.2) is 75.9 Å². The zero-order valence-corrected chi connectivity index (χ0v) is 24.6. The third-order valence-electron chi connectivity index (χ3n) is 7.00. The molecule has 0 N–H and O–H groups in total. The first-order chi connectivity index (χ1) is 19.9. The number of nitrogens with zero attached hydrogens (tertiary/aromatic N) is 3. The van der Waals surface area contributed by atoms with Gasteiger partial charge in [0.25, 0.3) is 0 Å². The van der Waals surface area contributed by atoms with Crippen LogP contribution in [0, 0.1) is 0 Å². The minimum Gasteiger partial charge on any atom is -0.493 e. The summed E-state index contributed by atoms with van der Waals surface area (Å²) in [4.78, 5) is 35.3. The van der Waals surface area contributed by atoms with Crippen LogP contribution in [-0.2, 0) is 25.7 Å². The number of hydrogen-bond donors (Lipinski definition) is 0. The van der Waals surface area contributed by atoms with E-state index in [1.165, 1.54) is 11.8 Å². The smallest absolute Gasteiger partial charge is 0.338 e. The highest BCUT2D eigenvalue weighted by atomic mass is 32.2. The Hall–Kier alpha value is -3.76. The van der Waals surface area contributed by atoms with Crippen molar-refractivity contribution in [2.24, 2.45) is 4.99 Å². The summed E-state index contributed by atoms with van der Waals surface area (Å²) in [7, 11) is 1.59. The molecule has 216 valence electrons. The summed E-state index contributed by atoms with van der Waals surface area (Å²) in [5.41, 5.74) is 3.62. The molecule has 3 aliphatic rings. The Kier molecular flexibility index (Phi) is 8.99. The van der Waals surface area contributed by atoms with Crippen LogP contribution < -0.4 is 9.47 Å². The first kappa shape index (κ1) is 28.8. The molecule has 1 saturated heterocycles. The second-order valence-electron chi connectivity index (χ2n) is 10.2. The number of rotatable bonds is 9. The molecule has 0 aliphatic carbocycles. The fourth-order valence-corrected chi connectivity index (χ4v) is 5.98. The van der Waals surface area contributed by atoms with Crippen molar-refractivity contribution >= 4 is 28.8 Å². The van der Waals surface area contributed by atoms with Crippen molar-refractivity contribution in [2.45, 2.75) is 45.9 Å². The fourth-order valence-electron chi connectivity index (χ4n) is 5.01. The number of ether oxygens (including phenoxy) is 4. The second kappa shape index (κ2) is 12.8. The lowest BCUT2D eigenvalue weighted by atomic mass is 9.93. The molecule has 2 aromatic carbocycles. The number of esters is 1. The minimum absolute atomic E-state index is 0.0139. The Labute approximate surface area is 244 Å². The number of hydrogen-bond acceptors (Lipinski definition) is 9. The molecule has 1 amide bonds. The maximum absolute atomic E-state index is 13.5. The minimum atomic E-state index is -0.565. The topological polar surface area (TPSA) is 89.9 Å². The van der Waals surface area contributed by atoms with E-state index in [4.69, 9.17) is 23.9 Å². The molecule has 0 aromatic heterocycles. The summed E-state index contributed by atoms with van der Waals surface area (Å²) in [6, 6.07) is 15.0. The van der Waals surface area contributed by atoms with Gasteiger partial charge in [-0.25, -0.2) is 9.79 Å². The van der Waals surface area contributed by atoms with Crippen LogP contribution in [0.4, 0.5) is 0 Å². The van der Waals surface area contributed by atoms with E-state index in [0.717, 1.165) is 16.8 Å². The van der Waals surface area contributed by atoms with Gasteiger partial charge in [0, 0.05) is 18.8 Å². The largest absolute Gasteiger partial charge is 0.493 e. The van der Waals surface area contributed by atoms with Crippen LogP contribution >= 0.6 is 11.8 Å². The number of amides is 1. The van der Waals surface area contributed by atoms with E-state index >= 15 is 0 Å². The summed E-state index contributed by atoms with van der Waals surface area (Å²) in [5.74, 6) is 0.703. The zero-order chi connectivity index (χ0) is 28.9. The first-order valence-electron chi connectivity index (χ1n) is 13.7. The molecule has 2 aromatic rings. The Balaban J connectivity index is 1.48. The van der Waals surface area contributed by atoms with E-state index in [9.17, 15) is 9.59 Å². The Bertz CT molecular complexity index is 1380. The quantitative estimate of drug-likeness (QED) is 0.383. The van der Waals surface area contributed by atoms with Crippen LogP contribution in [0.3, 0.4) is 0 Å². The van der Waals surface area contributed by atoms with E-state index in [1.807, 2.05) is 84.5 Å². The Morgan fingerprint density at radius 2 is 1.85 bits per heavy atom. The highest BCUT2D eigenvalue weighted by molar-refractivity contribution is 8.16. The molecule has 0 spiro atoms. The van der Waals surface area contributed by atoms with Crippen LogP contribution in [0.1, 0.15) is 44.4 Å². The highest BCUT2D eigenvalue weighted by Crippen LogP contribution is 2.46. The summed E-state index contributed by atoms with van der Waals surface area (Å²) in [6.45, 7) is 8.04. The van der Waals surface area contributed by atoms with E-state index in [0.29, 0.717) is 60.8 Å². The molecule has 5 rings (SSSR count). The summed E-state index contributed by atoms with van der Waals surface area (Å²) < 4.78 is 22.9. The predicted octanol–water partition coefficient (Wildman–Crippen LogP) is 5.05. The molecule has 0 saturated carbocycles. The summed E-state index contributed by atoms with van der Waals surface area (Å²) in [5, 5.41) is 2.66. The van der Waals surface area contributed by atoms with Gasteiger partial charge in [0.2, 0.25) is 5.91 Å². The molecule has 0 bridgehead atoms. The zero-order valence-electron chi connectivity index (χ0n) is 23.8. The van der Waals surface area contributed by atoms with Gasteiger partial charge in [-0.2, -0.15) is 0 Å². The lowest BCUT2D eigenvalue weighted by molar-refractivity contribution is -0.143. The van der Waals surface area contributed by atoms with Gasteiger partial charge >= 0.3 is 5.97 Å². The van der Waals surface area contributed by atoms with Gasteiger partial charge in [-0.05, 0) is 49.4 Å². The van der Waals surface area contributed by atoms with E-state index in [1.54, 1.807) is 7.11 Å². The summed E-state index contributed by atoms with van der Waals surface area (Å²) in [6.07, 6.45) is -0.119. The van der Waals surface area contributed by atoms with E-state index in [-0.39, 0.29) is 18.4 Å². The van der Waals surface area contributed by atoms with Gasteiger partial charge in [0.1, 0.15) is 6.61 Å². The number of benzene rings is 2. The van der Waals surface area contributed by atoms with Crippen molar-refractivity contribution in [2.75, 3.05) is 33.4 Å². The molecule has 3 aliphatic heterocycles. The number of amidine groups is 1. The lowest BCUT2D eigenvalue weighted by Gasteiger charge is -2.37. The van der Waals surface area contributed by atoms with Gasteiger partial charge in [-0.1, -0.05) is 48.2 Å². The van der Waals surface area contributed by atoms with Crippen LogP contribution in [0.25, 0.3) is 0 Å². The van der Waals surface area contributed by atoms with E-state index in [2.05, 4.69) is 0 Å². The maximum Gasteiger partial charge on any atom is 0.338 e. The number of carbonyl (C=O) groups excluding carboxylic acids is 2. The number of methoxy groups -OCH3 is 1. The third-order valence-corrected chi connectivity index (χ3v) is 7.89. The van der Waals surface area contributed by atoms with Crippen LogP contribution in [-0.4, -0.2) is 66.4 Å². The number of morpholine rings is 1. The number of thioether (sulfide) groups is 1. The van der Waals surface area contributed by atoms with Gasteiger partial charge in [0.15, 0.2) is 16.7 Å². The number of allylic oxidation sites excluding steroid dienone is 1. The molecule has 10 heteroatoms. The monoisotopic (exact) mass is 577 g/mol. The number of carbonyl (C=O) groups is 2. The van der Waals surface area contributed by atoms with Crippen molar-refractivity contribution in [1.82, 2.24) is 9.80 Å². The Morgan fingerprint density at radius 3 is 2.56 bits per heavy atom. The standard InChI is InChI=1S/C31H35N3O6S/c1-20(2)40-30(36)28-21(3)32-31-34(24(19-41-31)17-27(35)33-12-14-38-15-13-33)29(28)23-10-11-25(26(16-23)37-4)39-18-22-8-6-5-7-9-22/h5-11,16,19-20,29H,12-15,17-18H2,1-4H3. The maximum atomic E-state index is 13.5. The van der Waals surface area contributed by atoms with Gasteiger partial charge in [-0.15, -0.1) is 0 Å². The van der Waals surface area contributed by atoms with Crippen LogP contribution in [0.2, 0.25) is 0 Å². The number of aliphatic imine (C=N–C) groups is 1. The predicted molar refractivity (Wildman–Crippen MR) is 157 cm³/mol. The molecule has 1 unspecified atom stereocenters. The first-order valence-corrected chi connectivity index (χ1v) is 14.6. The van der Waals surface area contributed by atoms with Crippen LogP contribution in [0.5, 0.6) is 11.5 Å². The molecule has 3 heterocycles. The molecular weight excluding hydrogens is 542 g/mol. The van der Waals surface area contributed by atoms with Gasteiger partial charge < -0.3 is 28.7 Å². The molecule has 1 atom stereocenters. The molecule has 1 fully saturated rings.